The van der Waals surface area contributed by atoms with Gasteiger partial charge in [-0.2, -0.15) is 0 Å². The molecule has 0 heterocycles. The smallest absolute Gasteiger partial charge is 0.310 e. The predicted molar refractivity (Wildman–Crippen MR) is 60.8 cm³/mol. The Morgan fingerprint density at radius 1 is 1.40 bits per heavy atom. The first kappa shape index (κ1) is 13.7. The van der Waals surface area contributed by atoms with Crippen LogP contribution in [0.5, 0.6) is 0 Å². The van der Waals surface area contributed by atoms with E-state index in [1.54, 1.807) is 14.1 Å². The monoisotopic (exact) mass is 215 g/mol. The number of esters is 1. The number of rotatable bonds is 4. The van der Waals surface area contributed by atoms with Gasteiger partial charge < -0.3 is 15.4 Å². The maximum Gasteiger partial charge on any atom is 0.310 e. The number of carbonyl (C=O) groups excluding carboxylic acids is 1. The largest absolute Gasteiger partial charge is 0.463 e. The van der Waals surface area contributed by atoms with Gasteiger partial charge in [-0.15, -0.1) is 0 Å². The van der Waals surface area contributed by atoms with Gasteiger partial charge in [-0.1, -0.05) is 6.92 Å². The zero-order valence-electron chi connectivity index (χ0n) is 10.1. The maximum atomic E-state index is 11.4. The minimum absolute atomic E-state index is 0.0661. The summed E-state index contributed by atoms with van der Waals surface area (Å²) in [5, 5.41) is 5.88. The van der Waals surface area contributed by atoms with Crippen molar-refractivity contribution >= 4 is 11.9 Å². The molecule has 0 aliphatic heterocycles. The van der Waals surface area contributed by atoms with Crippen LogP contribution < -0.4 is 10.6 Å². The van der Waals surface area contributed by atoms with E-state index in [2.05, 4.69) is 15.6 Å². The molecule has 0 aliphatic rings. The van der Waals surface area contributed by atoms with E-state index in [0.29, 0.717) is 12.5 Å². The van der Waals surface area contributed by atoms with Gasteiger partial charge in [-0.05, 0) is 13.8 Å². The molecule has 0 saturated heterocycles. The molecule has 0 spiro atoms. The van der Waals surface area contributed by atoms with Crippen LogP contribution in [0.4, 0.5) is 0 Å². The van der Waals surface area contributed by atoms with E-state index in [1.807, 2.05) is 20.8 Å². The van der Waals surface area contributed by atoms with Crippen LogP contribution in [0.25, 0.3) is 0 Å². The van der Waals surface area contributed by atoms with Crippen LogP contribution in [0.3, 0.4) is 0 Å². The minimum atomic E-state index is -0.191. The molecule has 0 saturated carbocycles. The topological polar surface area (TPSA) is 62.7 Å². The van der Waals surface area contributed by atoms with E-state index in [1.165, 1.54) is 0 Å². The van der Waals surface area contributed by atoms with Crippen molar-refractivity contribution in [1.82, 2.24) is 10.6 Å². The maximum absolute atomic E-state index is 11.4. The molecule has 0 aromatic carbocycles. The molecule has 5 heteroatoms. The van der Waals surface area contributed by atoms with E-state index < -0.39 is 0 Å². The summed E-state index contributed by atoms with van der Waals surface area (Å²) < 4.78 is 5.07. The van der Waals surface area contributed by atoms with E-state index in [4.69, 9.17) is 4.74 Å². The van der Waals surface area contributed by atoms with Crippen LogP contribution in [0.1, 0.15) is 20.8 Å². The van der Waals surface area contributed by atoms with E-state index in [0.717, 1.165) is 0 Å². The average Bonchev–Trinajstić information content (AvgIpc) is 2.18. The van der Waals surface area contributed by atoms with E-state index >= 15 is 0 Å². The second-order valence-corrected chi connectivity index (χ2v) is 3.59. The number of aliphatic imine (C=N–C) groups is 1. The Morgan fingerprint density at radius 2 is 2.00 bits per heavy atom. The highest BCUT2D eigenvalue weighted by Gasteiger charge is 2.15. The third-order valence-corrected chi connectivity index (χ3v) is 1.79. The van der Waals surface area contributed by atoms with E-state index in [-0.39, 0.29) is 18.0 Å². The van der Waals surface area contributed by atoms with Crippen LogP contribution in [-0.2, 0) is 9.53 Å². The van der Waals surface area contributed by atoms with Gasteiger partial charge in [-0.25, -0.2) is 0 Å². The van der Waals surface area contributed by atoms with Gasteiger partial charge in [0.2, 0.25) is 0 Å². The van der Waals surface area contributed by atoms with Gasteiger partial charge in [0.25, 0.3) is 0 Å². The standard InChI is InChI=1S/C10H21N3O2/c1-7(2)15-9(14)8(3)6-13-10(11-4)12-5/h7-8H,6H2,1-5H3,(H2,11,12,13). The summed E-state index contributed by atoms with van der Waals surface area (Å²) in [6.45, 7) is 6.01. The van der Waals surface area contributed by atoms with Crippen molar-refractivity contribution in [2.45, 2.75) is 26.9 Å². The molecule has 0 aliphatic carbocycles. The average molecular weight is 215 g/mol. The van der Waals surface area contributed by atoms with Crippen LogP contribution in [0.15, 0.2) is 4.99 Å². The number of guanidine groups is 1. The fourth-order valence-electron chi connectivity index (χ4n) is 0.961. The molecule has 1 atom stereocenters. The van der Waals surface area contributed by atoms with E-state index in [9.17, 15) is 4.79 Å². The lowest BCUT2D eigenvalue weighted by molar-refractivity contribution is -0.151. The molecule has 0 bridgehead atoms. The van der Waals surface area contributed by atoms with Crippen molar-refractivity contribution < 1.29 is 9.53 Å². The third kappa shape index (κ3) is 5.93. The summed E-state index contributed by atoms with van der Waals surface area (Å²) in [4.78, 5) is 15.4. The third-order valence-electron chi connectivity index (χ3n) is 1.79. The predicted octanol–water partition coefficient (Wildman–Crippen LogP) is 0.369. The van der Waals surface area contributed by atoms with Crippen LogP contribution in [-0.4, -0.2) is 38.7 Å². The molecule has 5 nitrogen and oxygen atoms in total. The lowest BCUT2D eigenvalue weighted by Crippen LogP contribution is -2.39. The first-order chi connectivity index (χ1) is 7.01. The summed E-state index contributed by atoms with van der Waals surface area (Å²) in [5.41, 5.74) is 0. The fraction of sp³-hybridized carbons (Fsp3) is 0.800. The molecule has 0 rings (SSSR count). The van der Waals surface area contributed by atoms with Gasteiger partial charge in [-0.3, -0.25) is 9.79 Å². The van der Waals surface area contributed by atoms with Gasteiger partial charge in [0.15, 0.2) is 5.96 Å². The fourth-order valence-corrected chi connectivity index (χ4v) is 0.961. The second kappa shape index (κ2) is 7.09. The first-order valence-corrected chi connectivity index (χ1v) is 5.10. The molecule has 2 N–H and O–H groups in total. The van der Waals surface area contributed by atoms with Crippen molar-refractivity contribution in [2.24, 2.45) is 10.9 Å². The Hall–Kier alpha value is -1.26. The van der Waals surface area contributed by atoms with Crippen LogP contribution in [0.2, 0.25) is 0 Å². The number of carbonyl (C=O) groups is 1. The second-order valence-electron chi connectivity index (χ2n) is 3.59. The van der Waals surface area contributed by atoms with Crippen molar-refractivity contribution in [3.05, 3.63) is 0 Å². The molecular weight excluding hydrogens is 194 g/mol. The van der Waals surface area contributed by atoms with Gasteiger partial charge in [0.1, 0.15) is 0 Å². The number of hydrogen-bond donors (Lipinski definition) is 2. The number of hydrogen-bond acceptors (Lipinski definition) is 3. The Morgan fingerprint density at radius 3 is 2.40 bits per heavy atom. The molecule has 0 aromatic rings. The summed E-state index contributed by atoms with van der Waals surface area (Å²) in [7, 11) is 3.45. The van der Waals surface area contributed by atoms with Crippen LogP contribution in [0, 0.1) is 5.92 Å². The molecule has 0 amide bonds. The molecule has 0 fully saturated rings. The first-order valence-electron chi connectivity index (χ1n) is 5.10. The van der Waals surface area contributed by atoms with Gasteiger partial charge in [0.05, 0.1) is 12.0 Å². The molecular formula is C10H21N3O2. The number of ether oxygens (including phenoxy) is 1. The van der Waals surface area contributed by atoms with Crippen molar-refractivity contribution in [1.29, 1.82) is 0 Å². The van der Waals surface area contributed by atoms with Crippen molar-refractivity contribution in [3.63, 3.8) is 0 Å². The minimum Gasteiger partial charge on any atom is -0.463 e. The Kier molecular flexibility index (Phi) is 6.49. The zero-order valence-corrected chi connectivity index (χ0v) is 10.1. The summed E-state index contributed by atoms with van der Waals surface area (Å²) in [6.07, 6.45) is -0.0661. The lowest BCUT2D eigenvalue weighted by Gasteiger charge is -2.15. The number of nitrogens with zero attached hydrogens (tertiary/aromatic N) is 1. The Labute approximate surface area is 91.3 Å². The van der Waals surface area contributed by atoms with Crippen molar-refractivity contribution in [3.8, 4) is 0 Å². The Bertz CT molecular complexity index is 227. The normalized spacial score (nSPS) is 13.6. The van der Waals surface area contributed by atoms with Crippen LogP contribution >= 0.6 is 0 Å². The Balaban J connectivity index is 3.92. The molecule has 0 radical (unpaired) electrons. The SMILES string of the molecule is CN=C(NC)NCC(C)C(=O)OC(C)C. The van der Waals surface area contributed by atoms with Crippen molar-refractivity contribution in [2.75, 3.05) is 20.6 Å². The molecule has 88 valence electrons. The lowest BCUT2D eigenvalue weighted by atomic mass is 10.2. The zero-order chi connectivity index (χ0) is 11.8. The highest BCUT2D eigenvalue weighted by Crippen LogP contribution is 2.00. The highest BCUT2D eigenvalue weighted by molar-refractivity contribution is 5.80. The summed E-state index contributed by atoms with van der Waals surface area (Å²) in [5.74, 6) is 0.292. The summed E-state index contributed by atoms with van der Waals surface area (Å²) in [6, 6.07) is 0. The molecule has 15 heavy (non-hydrogen) atoms. The van der Waals surface area contributed by atoms with Gasteiger partial charge >= 0.3 is 5.97 Å². The molecule has 0 aromatic heterocycles. The summed E-state index contributed by atoms with van der Waals surface area (Å²) >= 11 is 0. The molecule has 1 unspecified atom stereocenters. The quantitative estimate of drug-likeness (QED) is 0.404. The van der Waals surface area contributed by atoms with Gasteiger partial charge in [0, 0.05) is 20.6 Å². The highest BCUT2D eigenvalue weighted by atomic mass is 16.5. The number of nitrogens with one attached hydrogen (secondary N) is 2.